The molecular formula is C53H35NS2. The molecule has 0 radical (unpaired) electrons. The average Bonchev–Trinajstić information content (AvgIpc) is 3.89. The molecule has 0 saturated carbocycles. The maximum absolute atomic E-state index is 2.50. The fourth-order valence-corrected chi connectivity index (χ4v) is 11.8. The van der Waals surface area contributed by atoms with Crippen LogP contribution in [0.25, 0.3) is 84.1 Å². The number of benzene rings is 9. The zero-order chi connectivity index (χ0) is 37.1. The van der Waals surface area contributed by atoms with Gasteiger partial charge in [0.15, 0.2) is 0 Å². The van der Waals surface area contributed by atoms with Crippen LogP contribution in [0.4, 0.5) is 17.1 Å². The topological polar surface area (TPSA) is 3.24 Å². The SMILES string of the molecule is CC1(C)c2ccccc2-c2c(N(c3ccc(-c4ccc5ccccc5c4)cc3)c3ccc4sc5ccc6sc7c8ccccc8ccc7c6c5c4c3)cccc21. The summed E-state index contributed by atoms with van der Waals surface area (Å²) >= 11 is 3.82. The molecule has 1 aliphatic carbocycles. The monoisotopic (exact) mass is 749 g/mol. The summed E-state index contributed by atoms with van der Waals surface area (Å²) in [5.41, 5.74) is 11.2. The fraction of sp³-hybridized carbons (Fsp3) is 0.0566. The Morgan fingerprint density at radius 1 is 0.429 bits per heavy atom. The lowest BCUT2D eigenvalue weighted by atomic mass is 9.82. The number of nitrogens with zero attached hydrogens (tertiary/aromatic N) is 1. The predicted octanol–water partition coefficient (Wildman–Crippen LogP) is 16.2. The van der Waals surface area contributed by atoms with Gasteiger partial charge >= 0.3 is 0 Å². The Kier molecular flexibility index (Phi) is 6.79. The molecule has 0 fully saturated rings. The van der Waals surface area contributed by atoms with Crippen LogP contribution in [0.5, 0.6) is 0 Å². The molecule has 2 aromatic heterocycles. The van der Waals surface area contributed by atoms with E-state index in [2.05, 4.69) is 195 Å². The largest absolute Gasteiger partial charge is 0.310 e. The summed E-state index contributed by atoms with van der Waals surface area (Å²) in [5.74, 6) is 0. The number of anilines is 3. The predicted molar refractivity (Wildman–Crippen MR) is 245 cm³/mol. The molecule has 0 atom stereocenters. The zero-order valence-corrected chi connectivity index (χ0v) is 32.6. The zero-order valence-electron chi connectivity index (χ0n) is 31.0. The third-order valence-corrected chi connectivity index (χ3v) is 14.6. The summed E-state index contributed by atoms with van der Waals surface area (Å²) in [4.78, 5) is 2.50. The van der Waals surface area contributed by atoms with Crippen molar-refractivity contribution in [2.75, 3.05) is 4.90 Å². The highest BCUT2D eigenvalue weighted by atomic mass is 32.1. The molecule has 0 spiro atoms. The molecule has 1 aliphatic rings. The molecule has 0 aliphatic heterocycles. The number of hydrogen-bond acceptors (Lipinski definition) is 3. The second-order valence-corrected chi connectivity index (χ2v) is 17.8. The van der Waals surface area contributed by atoms with E-state index in [9.17, 15) is 0 Å². The Labute approximate surface area is 333 Å². The lowest BCUT2D eigenvalue weighted by Gasteiger charge is -2.29. The minimum absolute atomic E-state index is 0.100. The van der Waals surface area contributed by atoms with Gasteiger partial charge in [-0.2, -0.15) is 0 Å². The summed E-state index contributed by atoms with van der Waals surface area (Å²) < 4.78 is 5.36. The molecule has 9 aromatic carbocycles. The molecule has 1 nitrogen and oxygen atoms in total. The van der Waals surface area contributed by atoms with Gasteiger partial charge in [0.25, 0.3) is 0 Å². The molecule has 0 saturated heterocycles. The van der Waals surface area contributed by atoms with Crippen molar-refractivity contribution in [1.82, 2.24) is 0 Å². The van der Waals surface area contributed by atoms with E-state index in [0.717, 1.165) is 11.4 Å². The Morgan fingerprint density at radius 3 is 1.96 bits per heavy atom. The van der Waals surface area contributed by atoms with Gasteiger partial charge in [-0.25, -0.2) is 0 Å². The van der Waals surface area contributed by atoms with E-state index < -0.39 is 0 Å². The van der Waals surface area contributed by atoms with Gasteiger partial charge in [-0.15, -0.1) is 22.7 Å². The van der Waals surface area contributed by atoms with E-state index >= 15 is 0 Å². The summed E-state index contributed by atoms with van der Waals surface area (Å²) in [7, 11) is 0. The van der Waals surface area contributed by atoms with Crippen molar-refractivity contribution in [1.29, 1.82) is 0 Å². The lowest BCUT2D eigenvalue weighted by molar-refractivity contribution is 0.660. The van der Waals surface area contributed by atoms with Crippen LogP contribution >= 0.6 is 22.7 Å². The second kappa shape index (κ2) is 11.9. The molecule has 0 amide bonds. The molecule has 2 heterocycles. The standard InChI is InChI=1S/C53H35NS2/c1-53(2)43-15-8-7-14-40(43)49-44(53)16-9-17-45(49)54(37-23-20-33(21-24-37)36-19-18-32-10-3-4-12-35(32)30-36)38-25-27-46-42(31-38)51-47(55-46)28-29-48-50(51)41-26-22-34-11-5-6-13-39(34)52(41)56-48/h3-31H,1-2H3. The first kappa shape index (κ1) is 32.0. The first-order chi connectivity index (χ1) is 27.5. The van der Waals surface area contributed by atoms with Crippen molar-refractivity contribution < 1.29 is 0 Å². The first-order valence-corrected chi connectivity index (χ1v) is 21.0. The van der Waals surface area contributed by atoms with E-state index in [-0.39, 0.29) is 5.41 Å². The van der Waals surface area contributed by atoms with E-state index in [1.165, 1.54) is 101 Å². The Bertz CT molecular complexity index is 3400. The van der Waals surface area contributed by atoms with Crippen molar-refractivity contribution in [3.05, 3.63) is 187 Å². The highest BCUT2D eigenvalue weighted by Gasteiger charge is 2.37. The smallest absolute Gasteiger partial charge is 0.0543 e. The van der Waals surface area contributed by atoms with Crippen molar-refractivity contribution in [2.24, 2.45) is 0 Å². The van der Waals surface area contributed by atoms with Crippen LogP contribution in [-0.4, -0.2) is 0 Å². The third-order valence-electron chi connectivity index (χ3n) is 12.2. The van der Waals surface area contributed by atoms with Gasteiger partial charge in [0.2, 0.25) is 0 Å². The van der Waals surface area contributed by atoms with Gasteiger partial charge < -0.3 is 4.90 Å². The number of fused-ring (bicyclic) bond motifs is 13. The van der Waals surface area contributed by atoms with Crippen molar-refractivity contribution in [3.8, 4) is 22.3 Å². The van der Waals surface area contributed by atoms with Crippen LogP contribution in [0, 0.1) is 0 Å². The van der Waals surface area contributed by atoms with Gasteiger partial charge in [0.1, 0.15) is 0 Å². The number of thiophene rings is 2. The van der Waals surface area contributed by atoms with Crippen molar-refractivity contribution >= 4 is 102 Å². The Morgan fingerprint density at radius 2 is 1.09 bits per heavy atom. The molecular weight excluding hydrogens is 715 g/mol. The maximum Gasteiger partial charge on any atom is 0.0543 e. The van der Waals surface area contributed by atoms with E-state index in [1.807, 2.05) is 22.7 Å². The van der Waals surface area contributed by atoms with Crippen LogP contribution in [0.3, 0.4) is 0 Å². The highest BCUT2D eigenvalue weighted by molar-refractivity contribution is 7.28. The van der Waals surface area contributed by atoms with Crippen molar-refractivity contribution in [2.45, 2.75) is 19.3 Å². The molecule has 11 aromatic rings. The van der Waals surface area contributed by atoms with Gasteiger partial charge in [0.05, 0.1) is 5.69 Å². The normalized spacial score (nSPS) is 13.3. The maximum atomic E-state index is 2.50. The molecule has 264 valence electrons. The summed E-state index contributed by atoms with van der Waals surface area (Å²) in [6.07, 6.45) is 0. The molecule has 0 bridgehead atoms. The van der Waals surface area contributed by atoms with Crippen LogP contribution in [-0.2, 0) is 5.41 Å². The van der Waals surface area contributed by atoms with Gasteiger partial charge in [-0.1, -0.05) is 135 Å². The fourth-order valence-electron chi connectivity index (χ4n) is 9.51. The second-order valence-electron chi connectivity index (χ2n) is 15.7. The quantitative estimate of drug-likeness (QED) is 0.173. The third kappa shape index (κ3) is 4.59. The van der Waals surface area contributed by atoms with Crippen LogP contribution in [0.15, 0.2) is 176 Å². The first-order valence-electron chi connectivity index (χ1n) is 19.3. The molecule has 0 unspecified atom stereocenters. The molecule has 12 rings (SSSR count). The molecule has 0 N–H and O–H groups in total. The number of rotatable bonds is 4. The van der Waals surface area contributed by atoms with E-state index in [0.29, 0.717) is 0 Å². The molecule has 3 heteroatoms. The summed E-state index contributed by atoms with van der Waals surface area (Å²) in [6, 6.07) is 65.7. The van der Waals surface area contributed by atoms with E-state index in [1.54, 1.807) is 0 Å². The van der Waals surface area contributed by atoms with Crippen LogP contribution in [0.2, 0.25) is 0 Å². The summed E-state index contributed by atoms with van der Waals surface area (Å²) in [6.45, 7) is 4.74. The van der Waals surface area contributed by atoms with Crippen LogP contribution < -0.4 is 4.90 Å². The summed E-state index contributed by atoms with van der Waals surface area (Å²) in [5, 5.41) is 10.5. The van der Waals surface area contributed by atoms with Gasteiger partial charge in [-0.05, 0) is 104 Å². The lowest BCUT2D eigenvalue weighted by Crippen LogP contribution is -2.16. The van der Waals surface area contributed by atoms with Gasteiger partial charge in [0, 0.05) is 62.7 Å². The Hall–Kier alpha value is -6.26. The average molecular weight is 750 g/mol. The highest BCUT2D eigenvalue weighted by Crippen LogP contribution is 2.55. The Balaban J connectivity index is 1.10. The van der Waals surface area contributed by atoms with E-state index in [4.69, 9.17) is 0 Å². The molecule has 56 heavy (non-hydrogen) atoms. The number of hydrogen-bond donors (Lipinski definition) is 0. The minimum atomic E-state index is -0.100. The van der Waals surface area contributed by atoms with Gasteiger partial charge in [-0.3, -0.25) is 0 Å². The minimum Gasteiger partial charge on any atom is -0.310 e. The van der Waals surface area contributed by atoms with Crippen LogP contribution in [0.1, 0.15) is 25.0 Å². The van der Waals surface area contributed by atoms with Crippen molar-refractivity contribution in [3.63, 3.8) is 0 Å².